The van der Waals surface area contributed by atoms with Crippen molar-refractivity contribution in [3.8, 4) is 0 Å². The van der Waals surface area contributed by atoms with Gasteiger partial charge in [0.25, 0.3) is 0 Å². The first-order chi connectivity index (χ1) is 6.68. The zero-order valence-corrected chi connectivity index (χ0v) is 11.5. The smallest absolute Gasteiger partial charge is 0.0777 e. The maximum Gasteiger partial charge on any atom is 0.0777 e. The molecule has 0 unspecified atom stereocenters. The van der Waals surface area contributed by atoms with Crippen LogP contribution in [0.1, 0.15) is 57.5 Å². The van der Waals surface area contributed by atoms with E-state index in [2.05, 4.69) is 46.9 Å². The summed E-state index contributed by atoms with van der Waals surface area (Å²) < 4.78 is 0. The monoisotopic (exact) mass is 226 g/mol. The predicted molar refractivity (Wildman–Crippen MR) is 67.6 cm³/mol. The first-order valence-corrected chi connectivity index (χ1v) is 6.28. The highest BCUT2D eigenvalue weighted by atomic mass is 32.1. The SMILES string of the molecule is CC(C)(C)c1csc(CO)c1C(C)(C)C. The highest BCUT2D eigenvalue weighted by Gasteiger charge is 2.28. The number of rotatable bonds is 1. The summed E-state index contributed by atoms with van der Waals surface area (Å²) >= 11 is 1.68. The van der Waals surface area contributed by atoms with E-state index in [1.807, 2.05) is 0 Å². The number of thiophene rings is 1. The topological polar surface area (TPSA) is 20.2 Å². The lowest BCUT2D eigenvalue weighted by atomic mass is 9.76. The Morgan fingerprint density at radius 3 is 1.93 bits per heavy atom. The molecule has 1 nitrogen and oxygen atoms in total. The van der Waals surface area contributed by atoms with Gasteiger partial charge in [0.2, 0.25) is 0 Å². The quantitative estimate of drug-likeness (QED) is 0.771. The van der Waals surface area contributed by atoms with E-state index >= 15 is 0 Å². The molecule has 0 radical (unpaired) electrons. The van der Waals surface area contributed by atoms with Crippen LogP contribution in [-0.2, 0) is 17.4 Å². The second kappa shape index (κ2) is 3.91. The van der Waals surface area contributed by atoms with Gasteiger partial charge in [-0.15, -0.1) is 11.3 Å². The molecule has 0 aliphatic heterocycles. The molecule has 0 saturated carbocycles. The van der Waals surface area contributed by atoms with Crippen molar-refractivity contribution in [2.24, 2.45) is 0 Å². The molecule has 86 valence electrons. The van der Waals surface area contributed by atoms with Crippen molar-refractivity contribution in [2.75, 3.05) is 0 Å². The minimum Gasteiger partial charge on any atom is -0.391 e. The molecule has 2 heteroatoms. The van der Waals surface area contributed by atoms with Gasteiger partial charge in [0.15, 0.2) is 0 Å². The molecule has 0 saturated heterocycles. The van der Waals surface area contributed by atoms with Crippen LogP contribution >= 0.6 is 11.3 Å². The van der Waals surface area contributed by atoms with Crippen LogP contribution in [0.4, 0.5) is 0 Å². The van der Waals surface area contributed by atoms with Crippen molar-refractivity contribution >= 4 is 11.3 Å². The van der Waals surface area contributed by atoms with Crippen LogP contribution in [0.2, 0.25) is 0 Å². The maximum atomic E-state index is 9.37. The van der Waals surface area contributed by atoms with Crippen molar-refractivity contribution in [2.45, 2.75) is 59.0 Å². The third-order valence-corrected chi connectivity index (χ3v) is 3.54. The third-order valence-electron chi connectivity index (χ3n) is 2.57. The van der Waals surface area contributed by atoms with Gasteiger partial charge in [-0.05, 0) is 27.3 Å². The Morgan fingerprint density at radius 1 is 1.07 bits per heavy atom. The van der Waals surface area contributed by atoms with Crippen LogP contribution in [0.5, 0.6) is 0 Å². The van der Waals surface area contributed by atoms with Gasteiger partial charge >= 0.3 is 0 Å². The Hall–Kier alpha value is -0.340. The average molecular weight is 226 g/mol. The van der Waals surface area contributed by atoms with Crippen molar-refractivity contribution in [1.82, 2.24) is 0 Å². The highest BCUT2D eigenvalue weighted by Crippen LogP contribution is 2.39. The van der Waals surface area contributed by atoms with Gasteiger partial charge in [-0.3, -0.25) is 0 Å². The Balaban J connectivity index is 3.37. The van der Waals surface area contributed by atoms with Crippen LogP contribution in [-0.4, -0.2) is 5.11 Å². The van der Waals surface area contributed by atoms with E-state index in [0.717, 1.165) is 4.88 Å². The van der Waals surface area contributed by atoms with Crippen molar-refractivity contribution in [1.29, 1.82) is 0 Å². The first-order valence-electron chi connectivity index (χ1n) is 5.40. The van der Waals surface area contributed by atoms with Gasteiger partial charge in [-0.1, -0.05) is 41.5 Å². The summed E-state index contributed by atoms with van der Waals surface area (Å²) in [5.74, 6) is 0. The summed E-state index contributed by atoms with van der Waals surface area (Å²) in [4.78, 5) is 1.12. The molecule has 0 aromatic carbocycles. The van der Waals surface area contributed by atoms with Gasteiger partial charge in [-0.2, -0.15) is 0 Å². The van der Waals surface area contributed by atoms with E-state index in [-0.39, 0.29) is 17.4 Å². The average Bonchev–Trinajstić information content (AvgIpc) is 2.44. The Labute approximate surface area is 97.2 Å². The standard InChI is InChI=1S/C13H22OS/c1-12(2,3)9-8-15-10(7-14)11(9)13(4,5)6/h8,14H,7H2,1-6H3. The summed E-state index contributed by atoms with van der Waals surface area (Å²) in [6, 6.07) is 0. The van der Waals surface area contributed by atoms with E-state index in [1.165, 1.54) is 11.1 Å². The lowest BCUT2D eigenvalue weighted by Gasteiger charge is -2.28. The first kappa shape index (κ1) is 12.7. The van der Waals surface area contributed by atoms with E-state index in [9.17, 15) is 5.11 Å². The van der Waals surface area contributed by atoms with E-state index in [4.69, 9.17) is 0 Å². The zero-order chi connectivity index (χ0) is 11.9. The van der Waals surface area contributed by atoms with E-state index < -0.39 is 0 Å². The molecule has 1 N–H and O–H groups in total. The second-order valence-corrected chi connectivity index (χ2v) is 7.07. The van der Waals surface area contributed by atoms with Crippen molar-refractivity contribution < 1.29 is 5.11 Å². The number of aliphatic hydroxyl groups is 1. The van der Waals surface area contributed by atoms with Crippen LogP contribution < -0.4 is 0 Å². The summed E-state index contributed by atoms with van der Waals surface area (Å²) in [5.41, 5.74) is 2.99. The third kappa shape index (κ3) is 2.61. The molecular weight excluding hydrogens is 204 g/mol. The molecule has 1 aromatic rings. The van der Waals surface area contributed by atoms with Gasteiger partial charge in [-0.25, -0.2) is 0 Å². The molecule has 0 spiro atoms. The molecule has 0 bridgehead atoms. The largest absolute Gasteiger partial charge is 0.391 e. The van der Waals surface area contributed by atoms with Gasteiger partial charge in [0.05, 0.1) is 6.61 Å². The molecule has 1 rings (SSSR count). The number of hydrogen-bond donors (Lipinski definition) is 1. The summed E-state index contributed by atoms with van der Waals surface area (Å²) in [5, 5.41) is 11.6. The normalized spacial score (nSPS) is 13.3. The minimum atomic E-state index is 0.112. The summed E-state index contributed by atoms with van der Waals surface area (Å²) in [6.07, 6.45) is 0. The lowest BCUT2D eigenvalue weighted by Crippen LogP contribution is -2.21. The Bertz CT molecular complexity index is 336. The minimum absolute atomic E-state index is 0.112. The Kier molecular flexibility index (Phi) is 3.32. The summed E-state index contributed by atoms with van der Waals surface area (Å²) in [7, 11) is 0. The molecule has 1 aromatic heterocycles. The highest BCUT2D eigenvalue weighted by molar-refractivity contribution is 7.10. The summed E-state index contributed by atoms with van der Waals surface area (Å²) in [6.45, 7) is 13.5. The van der Waals surface area contributed by atoms with Gasteiger partial charge in [0, 0.05) is 4.88 Å². The van der Waals surface area contributed by atoms with Crippen LogP contribution in [0.15, 0.2) is 5.38 Å². The molecule has 15 heavy (non-hydrogen) atoms. The van der Waals surface area contributed by atoms with Crippen LogP contribution in [0.3, 0.4) is 0 Å². The van der Waals surface area contributed by atoms with Crippen LogP contribution in [0, 0.1) is 0 Å². The fraction of sp³-hybridized carbons (Fsp3) is 0.692. The lowest BCUT2D eigenvalue weighted by molar-refractivity contribution is 0.282. The van der Waals surface area contributed by atoms with Crippen molar-refractivity contribution in [3.63, 3.8) is 0 Å². The van der Waals surface area contributed by atoms with Crippen LogP contribution in [0.25, 0.3) is 0 Å². The number of aliphatic hydroxyl groups excluding tert-OH is 1. The molecule has 0 aliphatic rings. The van der Waals surface area contributed by atoms with E-state index in [1.54, 1.807) is 11.3 Å². The zero-order valence-electron chi connectivity index (χ0n) is 10.6. The van der Waals surface area contributed by atoms with Gasteiger partial charge in [0.1, 0.15) is 0 Å². The Morgan fingerprint density at radius 2 is 1.60 bits per heavy atom. The molecule has 0 amide bonds. The maximum absolute atomic E-state index is 9.37. The molecule has 1 heterocycles. The molecule has 0 fully saturated rings. The second-order valence-electron chi connectivity index (χ2n) is 6.11. The fourth-order valence-corrected chi connectivity index (χ4v) is 3.23. The predicted octanol–water partition coefficient (Wildman–Crippen LogP) is 3.84. The molecule has 0 aliphatic carbocycles. The fourth-order valence-electron chi connectivity index (χ4n) is 1.89. The molecule has 0 atom stereocenters. The van der Waals surface area contributed by atoms with Gasteiger partial charge < -0.3 is 5.11 Å². The van der Waals surface area contributed by atoms with Crippen molar-refractivity contribution in [3.05, 3.63) is 21.4 Å². The van der Waals surface area contributed by atoms with E-state index in [0.29, 0.717) is 0 Å². The number of hydrogen-bond acceptors (Lipinski definition) is 2. The molecular formula is C13H22OS.